The van der Waals surface area contributed by atoms with Crippen molar-refractivity contribution >= 4 is 0 Å². The average molecular weight is 269 g/mol. The molecule has 1 aromatic carbocycles. The van der Waals surface area contributed by atoms with Gasteiger partial charge in [0.25, 0.3) is 0 Å². The highest BCUT2D eigenvalue weighted by atomic mass is 15.1. The zero-order valence-corrected chi connectivity index (χ0v) is 12.6. The predicted molar refractivity (Wildman–Crippen MR) is 83.1 cm³/mol. The second-order valence-electron chi connectivity index (χ2n) is 5.95. The van der Waals surface area contributed by atoms with Gasteiger partial charge in [-0.1, -0.05) is 23.8 Å². The maximum Gasteiger partial charge on any atom is 0.0735 e. The Balaban J connectivity index is 2.06. The highest BCUT2D eigenvalue weighted by molar-refractivity contribution is 5.72. The lowest BCUT2D eigenvalue weighted by molar-refractivity contribution is 0.453. The molecule has 1 aliphatic heterocycles. The maximum absolute atomic E-state index is 4.63. The van der Waals surface area contributed by atoms with Gasteiger partial charge < -0.3 is 5.32 Å². The van der Waals surface area contributed by atoms with Crippen LogP contribution in [0.1, 0.15) is 41.3 Å². The molecule has 0 bridgehead atoms. The van der Waals surface area contributed by atoms with E-state index in [2.05, 4.69) is 54.5 Å². The highest BCUT2D eigenvalue weighted by Gasteiger charge is 2.23. The fourth-order valence-electron chi connectivity index (χ4n) is 3.27. The van der Waals surface area contributed by atoms with E-state index in [0.717, 1.165) is 13.1 Å². The molecule has 20 heavy (non-hydrogen) atoms. The largest absolute Gasteiger partial charge is 0.317 e. The van der Waals surface area contributed by atoms with Gasteiger partial charge in [0.1, 0.15) is 0 Å². The molecule has 0 saturated carbocycles. The number of aromatic amines is 1. The number of benzene rings is 1. The van der Waals surface area contributed by atoms with Gasteiger partial charge in [-0.05, 0) is 57.8 Å². The summed E-state index contributed by atoms with van der Waals surface area (Å²) in [5.41, 5.74) is 7.76. The minimum Gasteiger partial charge on any atom is -0.317 e. The summed E-state index contributed by atoms with van der Waals surface area (Å²) in [6.07, 6.45) is 2.37. The van der Waals surface area contributed by atoms with Crippen LogP contribution >= 0.6 is 0 Å². The minimum atomic E-state index is 0.580. The van der Waals surface area contributed by atoms with E-state index >= 15 is 0 Å². The van der Waals surface area contributed by atoms with Gasteiger partial charge >= 0.3 is 0 Å². The summed E-state index contributed by atoms with van der Waals surface area (Å²) < 4.78 is 0. The lowest BCUT2D eigenvalue weighted by Crippen LogP contribution is -2.27. The van der Waals surface area contributed by atoms with Crippen molar-refractivity contribution in [2.24, 2.45) is 0 Å². The molecule has 0 amide bonds. The Kier molecular flexibility index (Phi) is 3.62. The minimum absolute atomic E-state index is 0.580. The number of aromatic nitrogens is 2. The van der Waals surface area contributed by atoms with Crippen molar-refractivity contribution in [3.63, 3.8) is 0 Å². The molecule has 0 radical (unpaired) electrons. The summed E-state index contributed by atoms with van der Waals surface area (Å²) in [4.78, 5) is 0. The average Bonchev–Trinajstić information content (AvgIpc) is 2.82. The van der Waals surface area contributed by atoms with Crippen LogP contribution in [-0.2, 0) is 0 Å². The Morgan fingerprint density at radius 1 is 1.10 bits per heavy atom. The summed E-state index contributed by atoms with van der Waals surface area (Å²) in [7, 11) is 0. The van der Waals surface area contributed by atoms with Gasteiger partial charge in [-0.15, -0.1) is 0 Å². The van der Waals surface area contributed by atoms with Gasteiger partial charge in [0.2, 0.25) is 0 Å². The predicted octanol–water partition coefficient (Wildman–Crippen LogP) is 3.47. The molecular weight excluding hydrogens is 246 g/mol. The van der Waals surface area contributed by atoms with Crippen LogP contribution in [0.25, 0.3) is 11.1 Å². The Bertz CT molecular complexity index is 607. The molecule has 3 heteroatoms. The molecule has 0 atom stereocenters. The zero-order valence-electron chi connectivity index (χ0n) is 12.6. The van der Waals surface area contributed by atoms with Crippen LogP contribution in [0, 0.1) is 20.8 Å². The van der Waals surface area contributed by atoms with E-state index in [4.69, 9.17) is 0 Å². The maximum atomic E-state index is 4.63. The molecule has 1 fully saturated rings. The Labute approximate surface area is 120 Å². The number of piperidine rings is 1. The van der Waals surface area contributed by atoms with E-state index in [-0.39, 0.29) is 0 Å². The van der Waals surface area contributed by atoms with Crippen LogP contribution in [0.2, 0.25) is 0 Å². The molecule has 0 spiro atoms. The first-order valence-electron chi connectivity index (χ1n) is 7.50. The summed E-state index contributed by atoms with van der Waals surface area (Å²) >= 11 is 0. The smallest absolute Gasteiger partial charge is 0.0735 e. The lowest BCUT2D eigenvalue weighted by atomic mass is 9.88. The van der Waals surface area contributed by atoms with Crippen LogP contribution in [0.5, 0.6) is 0 Å². The Morgan fingerprint density at radius 2 is 1.85 bits per heavy atom. The van der Waals surface area contributed by atoms with Crippen LogP contribution in [0.4, 0.5) is 0 Å². The third kappa shape index (κ3) is 2.38. The van der Waals surface area contributed by atoms with E-state index in [1.807, 2.05) is 0 Å². The number of aryl methyl sites for hydroxylation is 3. The summed E-state index contributed by atoms with van der Waals surface area (Å²) in [6, 6.07) is 6.70. The molecule has 2 aromatic rings. The first-order valence-corrected chi connectivity index (χ1v) is 7.50. The van der Waals surface area contributed by atoms with Crippen molar-refractivity contribution in [3.8, 4) is 11.1 Å². The fourth-order valence-corrected chi connectivity index (χ4v) is 3.27. The molecular formula is C17H23N3. The van der Waals surface area contributed by atoms with E-state index in [1.54, 1.807) is 0 Å². The van der Waals surface area contributed by atoms with Gasteiger partial charge in [-0.2, -0.15) is 5.10 Å². The number of nitrogens with one attached hydrogen (secondary N) is 2. The van der Waals surface area contributed by atoms with E-state index in [1.165, 1.54) is 46.5 Å². The topological polar surface area (TPSA) is 40.7 Å². The standard InChI is InChI=1S/C17H23N3/c1-11-4-5-15(12(2)10-11)16-13(3)19-20-17(16)14-6-8-18-9-7-14/h4-5,10,14,18H,6-9H2,1-3H3,(H,19,20). The SMILES string of the molecule is Cc1ccc(-c2c(C3CCNCC3)n[nH]c2C)c(C)c1. The molecule has 2 heterocycles. The molecule has 1 aromatic heterocycles. The third-order valence-corrected chi connectivity index (χ3v) is 4.35. The summed E-state index contributed by atoms with van der Waals surface area (Å²) in [6.45, 7) is 8.67. The van der Waals surface area contributed by atoms with E-state index in [9.17, 15) is 0 Å². The molecule has 0 unspecified atom stereocenters. The zero-order chi connectivity index (χ0) is 14.1. The van der Waals surface area contributed by atoms with Crippen molar-refractivity contribution in [2.75, 3.05) is 13.1 Å². The number of nitrogens with zero attached hydrogens (tertiary/aromatic N) is 1. The van der Waals surface area contributed by atoms with Crippen molar-refractivity contribution in [1.29, 1.82) is 0 Å². The second kappa shape index (κ2) is 5.41. The first kappa shape index (κ1) is 13.4. The fraction of sp³-hybridized carbons (Fsp3) is 0.471. The molecule has 0 aliphatic carbocycles. The lowest BCUT2D eigenvalue weighted by Gasteiger charge is -2.22. The molecule has 3 rings (SSSR count). The van der Waals surface area contributed by atoms with Gasteiger partial charge in [0.15, 0.2) is 0 Å². The highest BCUT2D eigenvalue weighted by Crippen LogP contribution is 2.36. The van der Waals surface area contributed by atoms with Crippen LogP contribution in [0.3, 0.4) is 0 Å². The summed E-state index contributed by atoms with van der Waals surface area (Å²) in [5.74, 6) is 0.580. The van der Waals surface area contributed by atoms with Gasteiger partial charge in [0, 0.05) is 17.2 Å². The van der Waals surface area contributed by atoms with Crippen molar-refractivity contribution in [3.05, 3.63) is 40.7 Å². The quantitative estimate of drug-likeness (QED) is 0.876. The van der Waals surface area contributed by atoms with Gasteiger partial charge in [0.05, 0.1) is 5.69 Å². The van der Waals surface area contributed by atoms with Crippen molar-refractivity contribution < 1.29 is 0 Å². The molecule has 2 N–H and O–H groups in total. The summed E-state index contributed by atoms with van der Waals surface area (Å²) in [5, 5.41) is 11.3. The second-order valence-corrected chi connectivity index (χ2v) is 5.95. The van der Waals surface area contributed by atoms with E-state index in [0.29, 0.717) is 5.92 Å². The Morgan fingerprint density at radius 3 is 2.55 bits per heavy atom. The number of hydrogen-bond donors (Lipinski definition) is 2. The van der Waals surface area contributed by atoms with Crippen LogP contribution in [0.15, 0.2) is 18.2 Å². The van der Waals surface area contributed by atoms with Gasteiger partial charge in [-0.25, -0.2) is 0 Å². The molecule has 1 aliphatic rings. The normalized spacial score (nSPS) is 16.6. The van der Waals surface area contributed by atoms with Gasteiger partial charge in [-0.3, -0.25) is 5.10 Å². The van der Waals surface area contributed by atoms with E-state index < -0.39 is 0 Å². The first-order chi connectivity index (χ1) is 9.66. The molecule has 106 valence electrons. The van der Waals surface area contributed by atoms with Crippen molar-refractivity contribution in [2.45, 2.75) is 39.5 Å². The monoisotopic (exact) mass is 269 g/mol. The number of hydrogen-bond acceptors (Lipinski definition) is 2. The third-order valence-electron chi connectivity index (χ3n) is 4.35. The number of rotatable bonds is 2. The number of H-pyrrole nitrogens is 1. The molecule has 3 nitrogen and oxygen atoms in total. The Hall–Kier alpha value is -1.61. The van der Waals surface area contributed by atoms with Crippen LogP contribution < -0.4 is 5.32 Å². The van der Waals surface area contributed by atoms with Crippen molar-refractivity contribution in [1.82, 2.24) is 15.5 Å². The van der Waals surface area contributed by atoms with Crippen LogP contribution in [-0.4, -0.2) is 23.3 Å². The molecule has 1 saturated heterocycles.